The molecule has 0 radical (unpaired) electrons. The molecule has 1 heterocycles. The Bertz CT molecular complexity index is 942. The molecular formula is C21H19NO4S. The van der Waals surface area contributed by atoms with Gasteiger partial charge in [-0.25, -0.2) is 9.78 Å². The molecule has 3 rings (SSSR count). The summed E-state index contributed by atoms with van der Waals surface area (Å²) >= 11 is 1.48. The highest BCUT2D eigenvalue weighted by Crippen LogP contribution is 2.22. The fourth-order valence-electron chi connectivity index (χ4n) is 2.48. The first-order valence-corrected chi connectivity index (χ1v) is 9.40. The number of thiazole rings is 1. The zero-order valence-electron chi connectivity index (χ0n) is 15.0. The van der Waals surface area contributed by atoms with Gasteiger partial charge < -0.3 is 9.47 Å². The van der Waals surface area contributed by atoms with E-state index in [9.17, 15) is 9.59 Å². The molecule has 1 aromatic heterocycles. The van der Waals surface area contributed by atoms with Crippen molar-refractivity contribution in [3.63, 3.8) is 0 Å². The lowest BCUT2D eigenvalue weighted by Crippen LogP contribution is -2.23. The van der Waals surface area contributed by atoms with E-state index >= 15 is 0 Å². The molecule has 0 amide bonds. The van der Waals surface area contributed by atoms with Crippen LogP contribution in [0.1, 0.15) is 29.2 Å². The van der Waals surface area contributed by atoms with Crippen LogP contribution in [0, 0.1) is 0 Å². The number of ketones is 1. The maximum absolute atomic E-state index is 12.4. The van der Waals surface area contributed by atoms with Crippen molar-refractivity contribution in [1.82, 2.24) is 4.98 Å². The summed E-state index contributed by atoms with van der Waals surface area (Å²) in [6, 6.07) is 14.5. The summed E-state index contributed by atoms with van der Waals surface area (Å²) in [6.45, 7) is 4.01. The molecule has 6 heteroatoms. The Morgan fingerprint density at radius 1 is 1.15 bits per heavy atom. The summed E-state index contributed by atoms with van der Waals surface area (Å²) in [5.41, 5.74) is 1.35. The molecule has 2 aromatic carbocycles. The molecule has 0 bridgehead atoms. The zero-order valence-corrected chi connectivity index (χ0v) is 15.9. The first kappa shape index (κ1) is 18.8. The smallest absolute Gasteiger partial charge is 0.331 e. The van der Waals surface area contributed by atoms with Crippen LogP contribution in [0.2, 0.25) is 0 Å². The second kappa shape index (κ2) is 8.60. The second-order valence-electron chi connectivity index (χ2n) is 5.75. The number of esters is 1. The molecule has 0 saturated carbocycles. The zero-order chi connectivity index (χ0) is 19.2. The van der Waals surface area contributed by atoms with E-state index in [-0.39, 0.29) is 5.78 Å². The Hall–Kier alpha value is -2.99. The van der Waals surface area contributed by atoms with E-state index in [1.807, 2.05) is 31.2 Å². The predicted octanol–water partition coefficient (Wildman–Crippen LogP) is 4.52. The van der Waals surface area contributed by atoms with Gasteiger partial charge in [-0.1, -0.05) is 12.1 Å². The van der Waals surface area contributed by atoms with Gasteiger partial charge in [0, 0.05) is 11.6 Å². The van der Waals surface area contributed by atoms with Gasteiger partial charge in [0.25, 0.3) is 0 Å². The number of hydrogen-bond donors (Lipinski definition) is 0. The third kappa shape index (κ3) is 4.80. The largest absolute Gasteiger partial charge is 0.494 e. The van der Waals surface area contributed by atoms with E-state index in [0.717, 1.165) is 10.2 Å². The van der Waals surface area contributed by atoms with Crippen LogP contribution in [0.4, 0.5) is 0 Å². The average molecular weight is 381 g/mol. The Kier molecular flexibility index (Phi) is 5.98. The molecule has 138 valence electrons. The summed E-state index contributed by atoms with van der Waals surface area (Å²) in [5, 5.41) is 0.707. The second-order valence-corrected chi connectivity index (χ2v) is 6.82. The minimum atomic E-state index is -0.879. The first-order chi connectivity index (χ1) is 13.1. The number of hydrogen-bond acceptors (Lipinski definition) is 6. The van der Waals surface area contributed by atoms with Crippen LogP contribution in [-0.4, -0.2) is 29.4 Å². The molecule has 0 N–H and O–H groups in total. The Morgan fingerprint density at radius 3 is 2.59 bits per heavy atom. The molecular weight excluding hydrogens is 362 g/mol. The van der Waals surface area contributed by atoms with Gasteiger partial charge in [0.2, 0.25) is 5.78 Å². The maximum atomic E-state index is 12.4. The van der Waals surface area contributed by atoms with Crippen molar-refractivity contribution in [1.29, 1.82) is 0 Å². The maximum Gasteiger partial charge on any atom is 0.331 e. The number of rotatable bonds is 7. The average Bonchev–Trinajstić information content (AvgIpc) is 3.09. The van der Waals surface area contributed by atoms with Gasteiger partial charge in [-0.05, 0) is 56.3 Å². The number of ether oxygens (including phenoxy) is 2. The molecule has 0 aliphatic heterocycles. The summed E-state index contributed by atoms with van der Waals surface area (Å²) in [4.78, 5) is 28.8. The van der Waals surface area contributed by atoms with Gasteiger partial charge in [-0.3, -0.25) is 4.79 Å². The summed E-state index contributed by atoms with van der Waals surface area (Å²) in [6.07, 6.45) is 2.01. The topological polar surface area (TPSA) is 65.5 Å². The fraction of sp³-hybridized carbons (Fsp3) is 0.190. The van der Waals surface area contributed by atoms with Gasteiger partial charge >= 0.3 is 5.97 Å². The first-order valence-electron chi connectivity index (χ1n) is 8.58. The summed E-state index contributed by atoms with van der Waals surface area (Å²) in [7, 11) is 0. The van der Waals surface area contributed by atoms with Crippen LogP contribution in [-0.2, 0) is 9.53 Å². The number of nitrogens with zero attached hydrogens (tertiary/aromatic N) is 1. The van der Waals surface area contributed by atoms with E-state index in [4.69, 9.17) is 9.47 Å². The number of carbonyl (C=O) groups is 2. The molecule has 5 nitrogen and oxygen atoms in total. The van der Waals surface area contributed by atoms with Crippen LogP contribution >= 0.6 is 11.3 Å². The monoisotopic (exact) mass is 381 g/mol. The van der Waals surface area contributed by atoms with Crippen molar-refractivity contribution in [2.24, 2.45) is 0 Å². The highest BCUT2D eigenvalue weighted by Gasteiger charge is 2.18. The lowest BCUT2D eigenvalue weighted by atomic mass is 10.1. The van der Waals surface area contributed by atoms with Crippen LogP contribution in [0.25, 0.3) is 16.3 Å². The predicted molar refractivity (Wildman–Crippen MR) is 106 cm³/mol. The molecule has 0 saturated heterocycles. The molecule has 0 spiro atoms. The number of carbonyl (C=O) groups excluding carboxylic acids is 2. The van der Waals surface area contributed by atoms with Crippen LogP contribution in [0.3, 0.4) is 0 Å². The third-order valence-electron chi connectivity index (χ3n) is 3.78. The molecule has 0 aliphatic rings. The van der Waals surface area contributed by atoms with E-state index in [1.54, 1.807) is 37.3 Å². The highest BCUT2D eigenvalue weighted by atomic mass is 32.1. The highest BCUT2D eigenvalue weighted by molar-refractivity contribution is 7.19. The van der Waals surface area contributed by atoms with Gasteiger partial charge in [-0.2, -0.15) is 0 Å². The molecule has 3 aromatic rings. The van der Waals surface area contributed by atoms with Gasteiger partial charge in [-0.15, -0.1) is 11.3 Å². The molecule has 0 unspecified atom stereocenters. The molecule has 0 fully saturated rings. The van der Waals surface area contributed by atoms with Crippen molar-refractivity contribution < 1.29 is 19.1 Å². The van der Waals surface area contributed by atoms with Crippen LogP contribution in [0.15, 0.2) is 54.6 Å². The van der Waals surface area contributed by atoms with E-state index in [2.05, 4.69) is 4.98 Å². The summed E-state index contributed by atoms with van der Waals surface area (Å²) < 4.78 is 11.6. The fourth-order valence-corrected chi connectivity index (χ4v) is 3.35. The lowest BCUT2D eigenvalue weighted by molar-refractivity contribution is -0.140. The third-order valence-corrected chi connectivity index (χ3v) is 4.79. The molecule has 1 atom stereocenters. The Balaban J connectivity index is 1.59. The Morgan fingerprint density at radius 2 is 1.89 bits per heavy atom. The van der Waals surface area contributed by atoms with Crippen LogP contribution in [0.5, 0.6) is 5.75 Å². The van der Waals surface area contributed by atoms with E-state index < -0.39 is 12.1 Å². The minimum absolute atomic E-state index is 0.264. The van der Waals surface area contributed by atoms with Crippen molar-refractivity contribution >= 4 is 39.4 Å². The quantitative estimate of drug-likeness (QED) is 0.342. The number of para-hydroxylation sites is 1. The number of fused-ring (bicyclic) bond motifs is 1. The number of benzene rings is 2. The Labute approximate surface area is 161 Å². The van der Waals surface area contributed by atoms with E-state index in [1.165, 1.54) is 17.4 Å². The van der Waals surface area contributed by atoms with Crippen molar-refractivity contribution in [2.75, 3.05) is 6.61 Å². The van der Waals surface area contributed by atoms with Crippen LogP contribution < -0.4 is 4.74 Å². The normalized spacial score (nSPS) is 12.2. The van der Waals surface area contributed by atoms with Crippen molar-refractivity contribution in [2.45, 2.75) is 20.0 Å². The van der Waals surface area contributed by atoms with E-state index in [0.29, 0.717) is 22.9 Å². The standard InChI is InChI=1S/C21H19NO4S/c1-3-25-16-10-8-15(9-11-16)21(24)14(2)26-20(23)13-12-19-22-17-6-4-5-7-18(17)27-19/h4-14H,3H2,1-2H3/b13-12+/t14-/m1/s1. The van der Waals surface area contributed by atoms with Gasteiger partial charge in [0.1, 0.15) is 10.8 Å². The summed E-state index contributed by atoms with van der Waals surface area (Å²) in [5.74, 6) is -0.154. The number of Topliss-reactive ketones (excluding diaryl/α,β-unsaturated/α-hetero) is 1. The van der Waals surface area contributed by atoms with Crippen molar-refractivity contribution in [3.05, 3.63) is 65.2 Å². The van der Waals surface area contributed by atoms with Gasteiger partial charge in [0.05, 0.1) is 16.8 Å². The minimum Gasteiger partial charge on any atom is -0.494 e. The molecule has 0 aliphatic carbocycles. The number of aromatic nitrogens is 1. The SMILES string of the molecule is CCOc1ccc(C(=O)[C@@H](C)OC(=O)/C=C/c2nc3ccccc3s2)cc1. The van der Waals surface area contributed by atoms with Gasteiger partial charge in [0.15, 0.2) is 6.10 Å². The van der Waals surface area contributed by atoms with Crippen molar-refractivity contribution in [3.8, 4) is 5.75 Å². The lowest BCUT2D eigenvalue weighted by Gasteiger charge is -2.11. The molecule has 27 heavy (non-hydrogen) atoms.